The highest BCUT2D eigenvalue weighted by atomic mass is 28.1. The van der Waals surface area contributed by atoms with Crippen LogP contribution in [0.3, 0.4) is 0 Å². The second kappa shape index (κ2) is 2.89. The van der Waals surface area contributed by atoms with Crippen molar-refractivity contribution in [2.24, 2.45) is 11.1 Å². The van der Waals surface area contributed by atoms with Gasteiger partial charge in [0.25, 0.3) is 0 Å². The SMILES string of the molecule is C=CC(C)(C)CC(C)(N)[SiH3]. The molecule has 1 unspecified atom stereocenters. The summed E-state index contributed by atoms with van der Waals surface area (Å²) in [5.74, 6) is 0. The van der Waals surface area contributed by atoms with E-state index in [1.807, 2.05) is 6.08 Å². The van der Waals surface area contributed by atoms with E-state index in [4.69, 9.17) is 5.73 Å². The van der Waals surface area contributed by atoms with E-state index < -0.39 is 0 Å². The highest BCUT2D eigenvalue weighted by molar-refractivity contribution is 6.14. The third kappa shape index (κ3) is 4.76. The highest BCUT2D eigenvalue weighted by Gasteiger charge is 2.22. The van der Waals surface area contributed by atoms with E-state index in [0.717, 1.165) is 16.7 Å². The summed E-state index contributed by atoms with van der Waals surface area (Å²) >= 11 is 0. The van der Waals surface area contributed by atoms with E-state index in [1.165, 1.54) is 0 Å². The molecule has 0 heterocycles. The monoisotopic (exact) mass is 157 g/mol. The molecular formula is C8H19NSi. The molecular weight excluding hydrogens is 138 g/mol. The molecule has 0 saturated carbocycles. The first-order valence-corrected chi connectivity index (χ1v) is 4.69. The summed E-state index contributed by atoms with van der Waals surface area (Å²) in [6.45, 7) is 10.2. The zero-order chi connectivity index (χ0) is 8.41. The summed E-state index contributed by atoms with van der Waals surface area (Å²) in [7, 11) is 1.04. The Kier molecular flexibility index (Phi) is 2.86. The molecule has 1 atom stereocenters. The minimum Gasteiger partial charge on any atom is -0.329 e. The number of allylic oxidation sites excluding steroid dienone is 1. The lowest BCUT2D eigenvalue weighted by Crippen LogP contribution is -2.40. The van der Waals surface area contributed by atoms with Gasteiger partial charge in [0.2, 0.25) is 0 Å². The predicted octanol–water partition coefficient (Wildman–Crippen LogP) is 0.629. The lowest BCUT2D eigenvalue weighted by molar-refractivity contribution is 0.376. The average molecular weight is 157 g/mol. The van der Waals surface area contributed by atoms with Crippen molar-refractivity contribution in [3.8, 4) is 0 Å². The van der Waals surface area contributed by atoms with Gasteiger partial charge in [0.1, 0.15) is 0 Å². The van der Waals surface area contributed by atoms with Gasteiger partial charge in [-0.15, -0.1) is 6.58 Å². The van der Waals surface area contributed by atoms with Crippen LogP contribution in [0.15, 0.2) is 12.7 Å². The summed E-state index contributed by atoms with van der Waals surface area (Å²) in [6.07, 6.45) is 3.02. The van der Waals surface area contributed by atoms with Gasteiger partial charge in [-0.2, -0.15) is 0 Å². The van der Waals surface area contributed by atoms with Crippen molar-refractivity contribution >= 4 is 10.2 Å². The molecule has 0 radical (unpaired) electrons. The first-order valence-electron chi connectivity index (χ1n) is 3.69. The predicted molar refractivity (Wildman–Crippen MR) is 51.1 cm³/mol. The van der Waals surface area contributed by atoms with Crippen molar-refractivity contribution in [2.45, 2.75) is 32.4 Å². The first kappa shape index (κ1) is 9.92. The highest BCUT2D eigenvalue weighted by Crippen LogP contribution is 2.25. The van der Waals surface area contributed by atoms with Crippen LogP contribution in [-0.4, -0.2) is 15.4 Å². The van der Waals surface area contributed by atoms with Gasteiger partial charge in [-0.3, -0.25) is 0 Å². The van der Waals surface area contributed by atoms with Crippen molar-refractivity contribution in [1.29, 1.82) is 0 Å². The first-order chi connectivity index (χ1) is 4.27. The second-order valence-corrected chi connectivity index (χ2v) is 6.64. The van der Waals surface area contributed by atoms with Crippen molar-refractivity contribution in [3.05, 3.63) is 12.7 Å². The van der Waals surface area contributed by atoms with Gasteiger partial charge >= 0.3 is 0 Å². The Morgan fingerprint density at radius 3 is 2.00 bits per heavy atom. The van der Waals surface area contributed by atoms with Crippen molar-refractivity contribution in [2.75, 3.05) is 0 Å². The van der Waals surface area contributed by atoms with Crippen LogP contribution < -0.4 is 5.73 Å². The molecule has 1 nitrogen and oxygen atoms in total. The van der Waals surface area contributed by atoms with Crippen molar-refractivity contribution < 1.29 is 0 Å². The third-order valence-electron chi connectivity index (χ3n) is 1.46. The van der Waals surface area contributed by atoms with Gasteiger partial charge in [-0.05, 0) is 17.0 Å². The minimum atomic E-state index is 0.0533. The molecule has 60 valence electrons. The van der Waals surface area contributed by atoms with Crippen LogP contribution in [0.4, 0.5) is 0 Å². The Morgan fingerprint density at radius 2 is 1.90 bits per heavy atom. The Balaban J connectivity index is 4.01. The largest absolute Gasteiger partial charge is 0.329 e. The summed E-state index contributed by atoms with van der Waals surface area (Å²) in [6, 6.07) is 0. The lowest BCUT2D eigenvalue weighted by Gasteiger charge is -2.29. The maximum Gasteiger partial charge on any atom is 0.0274 e. The summed E-state index contributed by atoms with van der Waals surface area (Å²) < 4.78 is 0. The summed E-state index contributed by atoms with van der Waals surface area (Å²) in [5, 5.41) is 0.0533. The molecule has 0 rings (SSSR count). The molecule has 0 amide bonds. The van der Waals surface area contributed by atoms with Crippen LogP contribution in [0.1, 0.15) is 27.2 Å². The zero-order valence-electron chi connectivity index (χ0n) is 7.57. The molecule has 0 bridgehead atoms. The number of rotatable bonds is 3. The Labute approximate surface area is 67.1 Å². The molecule has 0 spiro atoms. The van der Waals surface area contributed by atoms with E-state index in [-0.39, 0.29) is 10.6 Å². The molecule has 0 aromatic rings. The van der Waals surface area contributed by atoms with Crippen LogP contribution in [-0.2, 0) is 0 Å². The summed E-state index contributed by atoms with van der Waals surface area (Å²) in [5.41, 5.74) is 6.11. The fourth-order valence-corrected chi connectivity index (χ4v) is 2.16. The van der Waals surface area contributed by atoms with Crippen LogP contribution in [0.5, 0.6) is 0 Å². The minimum absolute atomic E-state index is 0.0533. The Bertz CT molecular complexity index is 122. The zero-order valence-corrected chi connectivity index (χ0v) is 9.57. The topological polar surface area (TPSA) is 26.0 Å². The second-order valence-electron chi connectivity index (χ2n) is 4.36. The van der Waals surface area contributed by atoms with E-state index in [1.54, 1.807) is 0 Å². The van der Waals surface area contributed by atoms with Crippen molar-refractivity contribution in [1.82, 2.24) is 0 Å². The van der Waals surface area contributed by atoms with Crippen LogP contribution in [0, 0.1) is 5.41 Å². The fourth-order valence-electron chi connectivity index (χ4n) is 1.25. The van der Waals surface area contributed by atoms with E-state index in [2.05, 4.69) is 27.4 Å². The number of nitrogens with two attached hydrogens (primary N) is 1. The average Bonchev–Trinajstić information content (AvgIpc) is 1.60. The Morgan fingerprint density at radius 1 is 1.50 bits per heavy atom. The third-order valence-corrected chi connectivity index (χ3v) is 1.82. The maximum atomic E-state index is 5.91. The molecule has 0 aromatic heterocycles. The molecule has 2 N–H and O–H groups in total. The van der Waals surface area contributed by atoms with E-state index in [9.17, 15) is 0 Å². The molecule has 0 saturated heterocycles. The maximum absolute atomic E-state index is 5.91. The lowest BCUT2D eigenvalue weighted by atomic mass is 9.86. The van der Waals surface area contributed by atoms with Gasteiger partial charge in [0.15, 0.2) is 0 Å². The molecule has 0 aromatic carbocycles. The van der Waals surface area contributed by atoms with E-state index >= 15 is 0 Å². The molecule has 0 aliphatic rings. The smallest absolute Gasteiger partial charge is 0.0274 e. The van der Waals surface area contributed by atoms with Crippen LogP contribution in [0.25, 0.3) is 0 Å². The Hall–Kier alpha value is -0.0831. The molecule has 0 fully saturated rings. The van der Waals surface area contributed by atoms with Gasteiger partial charge in [0, 0.05) is 10.2 Å². The number of hydrogen-bond donors (Lipinski definition) is 1. The molecule has 0 aliphatic carbocycles. The van der Waals surface area contributed by atoms with E-state index in [0.29, 0.717) is 0 Å². The van der Waals surface area contributed by atoms with Gasteiger partial charge < -0.3 is 5.73 Å². The summed E-state index contributed by atoms with van der Waals surface area (Å²) in [4.78, 5) is 0. The molecule has 0 aliphatic heterocycles. The van der Waals surface area contributed by atoms with Crippen LogP contribution in [0.2, 0.25) is 0 Å². The molecule has 2 heteroatoms. The van der Waals surface area contributed by atoms with Gasteiger partial charge in [0.05, 0.1) is 0 Å². The van der Waals surface area contributed by atoms with Crippen molar-refractivity contribution in [3.63, 3.8) is 0 Å². The number of hydrogen-bond acceptors (Lipinski definition) is 1. The fraction of sp³-hybridized carbons (Fsp3) is 0.750. The quantitative estimate of drug-likeness (QED) is 0.472. The van der Waals surface area contributed by atoms with Gasteiger partial charge in [-0.25, -0.2) is 0 Å². The molecule has 10 heavy (non-hydrogen) atoms. The normalized spacial score (nSPS) is 18.4. The van der Waals surface area contributed by atoms with Gasteiger partial charge in [-0.1, -0.05) is 26.8 Å². The standard InChI is InChI=1S/C8H19NSi/c1-5-7(2,3)6-8(4,9)10/h5H,1,6,9H2,2-4,10H3. The van der Waals surface area contributed by atoms with Crippen LogP contribution >= 0.6 is 0 Å².